The Kier molecular flexibility index (Phi) is 4.57. The predicted molar refractivity (Wildman–Crippen MR) is 86.0 cm³/mol. The summed E-state index contributed by atoms with van der Waals surface area (Å²) in [7, 11) is 0. The van der Waals surface area contributed by atoms with Crippen molar-refractivity contribution in [1.29, 1.82) is 0 Å². The predicted octanol–water partition coefficient (Wildman–Crippen LogP) is 4.57. The van der Waals surface area contributed by atoms with Crippen LogP contribution in [-0.2, 0) is 12.8 Å². The third kappa shape index (κ3) is 3.32. The average Bonchev–Trinajstić information content (AvgIpc) is 2.53. The minimum Gasteiger partial charge on any atom is -0.310 e. The van der Waals surface area contributed by atoms with Crippen LogP contribution in [0.15, 0.2) is 30.4 Å². The van der Waals surface area contributed by atoms with Crippen molar-refractivity contribution in [3.05, 3.63) is 47.0 Å². The lowest BCUT2D eigenvalue weighted by molar-refractivity contribution is 0.415. The monoisotopic (exact) mass is 269 g/mol. The molecule has 1 heteroatoms. The summed E-state index contributed by atoms with van der Waals surface area (Å²) in [6, 6.07) is 7.63. The highest BCUT2D eigenvalue weighted by Gasteiger charge is 2.14. The van der Waals surface area contributed by atoms with E-state index in [2.05, 4.69) is 42.6 Å². The molecule has 1 aromatic carbocycles. The first-order chi connectivity index (χ1) is 9.83. The summed E-state index contributed by atoms with van der Waals surface area (Å²) in [5.41, 5.74) is 4.66. The number of fused-ring (bicyclic) bond motifs is 1. The summed E-state index contributed by atoms with van der Waals surface area (Å²) in [6.07, 6.45) is 13.8. The Balaban J connectivity index is 1.59. The van der Waals surface area contributed by atoms with Crippen LogP contribution in [0.2, 0.25) is 0 Å². The molecule has 20 heavy (non-hydrogen) atoms. The Morgan fingerprint density at radius 1 is 1.15 bits per heavy atom. The zero-order valence-electron chi connectivity index (χ0n) is 12.7. The van der Waals surface area contributed by atoms with Crippen molar-refractivity contribution < 1.29 is 0 Å². The number of nitrogens with one attached hydrogen (secondary N) is 1. The van der Waals surface area contributed by atoms with Gasteiger partial charge in [0.25, 0.3) is 0 Å². The average molecular weight is 269 g/mol. The quantitative estimate of drug-likeness (QED) is 0.789. The molecule has 3 rings (SSSR count). The van der Waals surface area contributed by atoms with Crippen molar-refractivity contribution >= 4 is 0 Å². The fourth-order valence-electron chi connectivity index (χ4n) is 3.53. The summed E-state index contributed by atoms with van der Waals surface area (Å²) in [5, 5.41) is 3.74. The van der Waals surface area contributed by atoms with Crippen LogP contribution in [0.5, 0.6) is 0 Å². The molecule has 1 nitrogen and oxygen atoms in total. The third-order valence-corrected chi connectivity index (χ3v) is 4.96. The Bertz CT molecular complexity index is 475. The first kappa shape index (κ1) is 13.9. The van der Waals surface area contributed by atoms with Crippen LogP contribution >= 0.6 is 0 Å². The van der Waals surface area contributed by atoms with E-state index in [1.807, 2.05) is 0 Å². The molecule has 0 aromatic heterocycles. The SMILES string of the molecule is CC(NCC1CC=CCC1)c1ccc2c(c1)CCCC2. The molecule has 2 aliphatic carbocycles. The van der Waals surface area contributed by atoms with Crippen molar-refractivity contribution in [3.63, 3.8) is 0 Å². The standard InChI is InChI=1S/C19H27N/c1-15(20-14-16-7-3-2-4-8-16)18-12-11-17-9-5-6-10-19(17)13-18/h2-3,11-13,15-16,20H,4-10,14H2,1H3. The number of allylic oxidation sites excluding steroid dienone is 2. The van der Waals surface area contributed by atoms with Gasteiger partial charge in [-0.1, -0.05) is 30.4 Å². The number of hydrogen-bond acceptors (Lipinski definition) is 1. The molecule has 2 unspecified atom stereocenters. The fourth-order valence-corrected chi connectivity index (χ4v) is 3.53. The van der Waals surface area contributed by atoms with Gasteiger partial charge in [-0.25, -0.2) is 0 Å². The molecule has 108 valence electrons. The molecule has 0 aliphatic heterocycles. The maximum atomic E-state index is 3.74. The number of hydrogen-bond donors (Lipinski definition) is 1. The molecule has 2 atom stereocenters. The molecule has 0 radical (unpaired) electrons. The number of benzene rings is 1. The van der Waals surface area contributed by atoms with E-state index in [1.54, 1.807) is 11.1 Å². The highest BCUT2D eigenvalue weighted by molar-refractivity contribution is 5.35. The second kappa shape index (κ2) is 6.58. The second-order valence-corrected chi connectivity index (χ2v) is 6.52. The molecule has 0 fully saturated rings. The van der Waals surface area contributed by atoms with E-state index < -0.39 is 0 Å². The van der Waals surface area contributed by atoms with Crippen molar-refractivity contribution in [1.82, 2.24) is 5.32 Å². The van der Waals surface area contributed by atoms with Crippen LogP contribution in [0.25, 0.3) is 0 Å². The summed E-state index contributed by atoms with van der Waals surface area (Å²) in [5.74, 6) is 0.833. The molecular weight excluding hydrogens is 242 g/mol. The summed E-state index contributed by atoms with van der Waals surface area (Å²) < 4.78 is 0. The Morgan fingerprint density at radius 3 is 2.80 bits per heavy atom. The highest BCUT2D eigenvalue weighted by atomic mass is 14.9. The first-order valence-corrected chi connectivity index (χ1v) is 8.33. The van der Waals surface area contributed by atoms with Gasteiger partial charge >= 0.3 is 0 Å². The van der Waals surface area contributed by atoms with Gasteiger partial charge in [0.15, 0.2) is 0 Å². The molecule has 2 aliphatic rings. The maximum Gasteiger partial charge on any atom is 0.0292 e. The lowest BCUT2D eigenvalue weighted by Crippen LogP contribution is -2.26. The zero-order chi connectivity index (χ0) is 13.8. The Morgan fingerprint density at radius 2 is 2.00 bits per heavy atom. The maximum absolute atomic E-state index is 3.74. The van der Waals surface area contributed by atoms with Crippen LogP contribution in [0, 0.1) is 5.92 Å². The van der Waals surface area contributed by atoms with Gasteiger partial charge in [0, 0.05) is 6.04 Å². The normalized spacial score (nSPS) is 23.4. The minimum atomic E-state index is 0.480. The van der Waals surface area contributed by atoms with Gasteiger partial charge in [-0.15, -0.1) is 0 Å². The smallest absolute Gasteiger partial charge is 0.0292 e. The van der Waals surface area contributed by atoms with Crippen LogP contribution in [0.4, 0.5) is 0 Å². The van der Waals surface area contributed by atoms with Gasteiger partial charge in [0.1, 0.15) is 0 Å². The topological polar surface area (TPSA) is 12.0 Å². The van der Waals surface area contributed by atoms with Gasteiger partial charge in [-0.2, -0.15) is 0 Å². The Hall–Kier alpha value is -1.08. The molecule has 1 N–H and O–H groups in total. The second-order valence-electron chi connectivity index (χ2n) is 6.52. The fraction of sp³-hybridized carbons (Fsp3) is 0.579. The lowest BCUT2D eigenvalue weighted by atomic mass is 9.89. The minimum absolute atomic E-state index is 0.480. The van der Waals surface area contributed by atoms with E-state index in [-0.39, 0.29) is 0 Å². The molecular formula is C19H27N. The van der Waals surface area contributed by atoms with E-state index in [1.165, 1.54) is 50.5 Å². The van der Waals surface area contributed by atoms with Gasteiger partial charge < -0.3 is 5.32 Å². The zero-order valence-corrected chi connectivity index (χ0v) is 12.7. The third-order valence-electron chi connectivity index (χ3n) is 4.96. The number of aryl methyl sites for hydroxylation is 2. The van der Waals surface area contributed by atoms with Crippen LogP contribution in [-0.4, -0.2) is 6.54 Å². The Labute approximate surface area is 123 Å². The van der Waals surface area contributed by atoms with E-state index in [9.17, 15) is 0 Å². The van der Waals surface area contributed by atoms with Crippen molar-refractivity contribution in [3.8, 4) is 0 Å². The largest absolute Gasteiger partial charge is 0.310 e. The van der Waals surface area contributed by atoms with E-state index in [4.69, 9.17) is 0 Å². The summed E-state index contributed by atoms with van der Waals surface area (Å²) >= 11 is 0. The van der Waals surface area contributed by atoms with Crippen LogP contribution in [0.1, 0.15) is 61.8 Å². The van der Waals surface area contributed by atoms with Crippen LogP contribution in [0.3, 0.4) is 0 Å². The van der Waals surface area contributed by atoms with Crippen molar-refractivity contribution in [2.45, 2.75) is 57.9 Å². The van der Waals surface area contributed by atoms with Gasteiger partial charge in [-0.3, -0.25) is 0 Å². The van der Waals surface area contributed by atoms with E-state index in [0.717, 1.165) is 12.5 Å². The van der Waals surface area contributed by atoms with Gasteiger partial charge in [-0.05, 0) is 81.0 Å². The van der Waals surface area contributed by atoms with Crippen LogP contribution < -0.4 is 5.32 Å². The van der Waals surface area contributed by atoms with Gasteiger partial charge in [0.05, 0.1) is 0 Å². The lowest BCUT2D eigenvalue weighted by Gasteiger charge is -2.23. The van der Waals surface area contributed by atoms with Crippen molar-refractivity contribution in [2.75, 3.05) is 6.54 Å². The molecule has 0 bridgehead atoms. The van der Waals surface area contributed by atoms with Gasteiger partial charge in [0.2, 0.25) is 0 Å². The summed E-state index contributed by atoms with van der Waals surface area (Å²) in [6.45, 7) is 3.46. The van der Waals surface area contributed by atoms with Crippen molar-refractivity contribution in [2.24, 2.45) is 5.92 Å². The summed E-state index contributed by atoms with van der Waals surface area (Å²) in [4.78, 5) is 0. The molecule has 0 spiro atoms. The number of rotatable bonds is 4. The highest BCUT2D eigenvalue weighted by Crippen LogP contribution is 2.25. The molecule has 0 saturated heterocycles. The first-order valence-electron chi connectivity index (χ1n) is 8.33. The molecule has 1 aromatic rings. The molecule has 0 saturated carbocycles. The van der Waals surface area contributed by atoms with E-state index in [0.29, 0.717) is 6.04 Å². The molecule has 0 heterocycles. The molecule has 0 amide bonds. The van der Waals surface area contributed by atoms with E-state index >= 15 is 0 Å².